The minimum Gasteiger partial charge on any atom is -0.459 e. The number of hydrogen-bond acceptors (Lipinski definition) is 14. The lowest BCUT2D eigenvalue weighted by atomic mass is 9.91. The van der Waals surface area contributed by atoms with E-state index in [-0.39, 0.29) is 32.0 Å². The first-order chi connectivity index (χ1) is 22.3. The van der Waals surface area contributed by atoms with Crippen LogP contribution in [0.5, 0.6) is 0 Å². The third-order valence-corrected chi connectivity index (χ3v) is 9.44. The monoisotopic (exact) mass is 672 g/mol. The van der Waals surface area contributed by atoms with E-state index < -0.39 is 96.9 Å². The Bertz CT molecular complexity index is 1100. The molecule has 0 spiro atoms. The molecule has 4 aliphatic heterocycles. The zero-order valence-electron chi connectivity index (χ0n) is 28.3. The summed E-state index contributed by atoms with van der Waals surface area (Å²) in [6.45, 7) is 6.75. The molecule has 0 aromatic carbocycles. The van der Waals surface area contributed by atoms with Gasteiger partial charge in [0, 0.05) is 39.7 Å². The number of esters is 1. The molecular weight excluding hydrogens is 620 g/mol. The Morgan fingerprint density at radius 2 is 1.64 bits per heavy atom. The third kappa shape index (κ3) is 9.67. The molecule has 0 aliphatic carbocycles. The van der Waals surface area contributed by atoms with Crippen LogP contribution in [0.15, 0.2) is 24.3 Å². The second kappa shape index (κ2) is 16.7. The SMILES string of the molecule is CO[C@@H]1[C@H](O)[C@@H](C)O[C@@H](OC[C@H]2[C@@H]3O[C@@H]3/C=C/C(=O)[C@](C)(O)CC[C@H](O[C@@H]3O[C@H](C)C[C@H](OC)[C@H]3O)C/C=C/C(=O)O[C@H]2C)[C@@H]1OC. The lowest BCUT2D eigenvalue weighted by Gasteiger charge is -2.42. The van der Waals surface area contributed by atoms with Gasteiger partial charge in [-0.25, -0.2) is 4.79 Å². The topological polar surface area (TPSA) is 181 Å². The minimum absolute atomic E-state index is 0.0309. The van der Waals surface area contributed by atoms with Gasteiger partial charge in [0.05, 0.1) is 37.1 Å². The molecule has 0 saturated carbocycles. The van der Waals surface area contributed by atoms with Gasteiger partial charge in [0.1, 0.15) is 42.2 Å². The first-order valence-corrected chi connectivity index (χ1v) is 16.3. The maximum atomic E-state index is 13.1. The molecule has 3 fully saturated rings. The molecule has 15 atom stereocenters. The Kier molecular flexibility index (Phi) is 13.5. The molecule has 0 bridgehead atoms. The molecule has 14 heteroatoms. The molecule has 4 heterocycles. The molecule has 4 rings (SSSR count). The number of cyclic esters (lactones) is 1. The van der Waals surface area contributed by atoms with Crippen molar-refractivity contribution >= 4 is 11.8 Å². The van der Waals surface area contributed by atoms with Gasteiger partial charge in [-0.2, -0.15) is 0 Å². The van der Waals surface area contributed by atoms with Gasteiger partial charge in [0.25, 0.3) is 0 Å². The fourth-order valence-corrected chi connectivity index (χ4v) is 6.32. The van der Waals surface area contributed by atoms with Crippen molar-refractivity contribution in [2.75, 3.05) is 27.9 Å². The summed E-state index contributed by atoms with van der Waals surface area (Å²) < 4.78 is 52.0. The highest BCUT2D eigenvalue weighted by atomic mass is 16.7. The summed E-state index contributed by atoms with van der Waals surface area (Å²) in [4.78, 5) is 26.0. The van der Waals surface area contributed by atoms with E-state index in [1.165, 1.54) is 40.4 Å². The number of epoxide rings is 1. The zero-order valence-corrected chi connectivity index (χ0v) is 28.3. The molecule has 14 nitrogen and oxygen atoms in total. The van der Waals surface area contributed by atoms with Crippen molar-refractivity contribution < 1.29 is 67.5 Å². The summed E-state index contributed by atoms with van der Waals surface area (Å²) in [5, 5.41) is 32.3. The summed E-state index contributed by atoms with van der Waals surface area (Å²) in [7, 11) is 4.45. The Balaban J connectivity index is 1.49. The largest absolute Gasteiger partial charge is 0.459 e. The number of ether oxygens (including phenoxy) is 9. The fraction of sp³-hybridized carbons (Fsp3) is 0.818. The van der Waals surface area contributed by atoms with Gasteiger partial charge in [-0.3, -0.25) is 4.79 Å². The predicted molar refractivity (Wildman–Crippen MR) is 164 cm³/mol. The van der Waals surface area contributed by atoms with Crippen molar-refractivity contribution in [3.8, 4) is 0 Å². The van der Waals surface area contributed by atoms with Gasteiger partial charge in [-0.05, 0) is 59.1 Å². The first kappa shape index (κ1) is 38.0. The van der Waals surface area contributed by atoms with Crippen molar-refractivity contribution in [3.63, 3.8) is 0 Å². The average Bonchev–Trinajstić information content (AvgIpc) is 3.79. The minimum atomic E-state index is -1.71. The number of carbonyl (C=O) groups excluding carboxylic acids is 2. The number of carbonyl (C=O) groups is 2. The number of ketones is 1. The van der Waals surface area contributed by atoms with Crippen LogP contribution in [0.3, 0.4) is 0 Å². The molecule has 0 aromatic heterocycles. The lowest BCUT2D eigenvalue weighted by molar-refractivity contribution is -0.305. The van der Waals surface area contributed by atoms with Gasteiger partial charge >= 0.3 is 5.97 Å². The third-order valence-electron chi connectivity index (χ3n) is 9.44. The Morgan fingerprint density at radius 1 is 0.915 bits per heavy atom. The summed E-state index contributed by atoms with van der Waals surface area (Å²) in [5.74, 6) is -1.57. The van der Waals surface area contributed by atoms with Crippen LogP contribution >= 0.6 is 0 Å². The Labute approximate surface area is 276 Å². The zero-order chi connectivity index (χ0) is 34.5. The maximum absolute atomic E-state index is 13.1. The highest BCUT2D eigenvalue weighted by molar-refractivity contribution is 5.96. The standard InChI is InChI=1S/C33H52O14/c1-17-15-23(39-5)27(37)31(43-17)46-20-9-8-10-25(35)44-18(2)21(28-22(47-28)11-12-24(34)33(4,38)14-13-20)16-42-32-30(41-7)29(40-6)26(36)19(3)45-32/h8,10-12,17-23,26-32,36-38H,9,13-16H2,1-7H3/b10-8+,12-11+/t17-,18+,19-,20-,21-,22-,23+,26-,27-,28+,29-,30-,31+,32-,33-/m1/s1. The molecule has 3 saturated heterocycles. The van der Waals surface area contributed by atoms with Crippen LogP contribution in [-0.4, -0.2) is 140 Å². The first-order valence-electron chi connectivity index (χ1n) is 16.3. The van der Waals surface area contributed by atoms with Gasteiger partial charge in [0.2, 0.25) is 0 Å². The second-order valence-corrected chi connectivity index (χ2v) is 13.1. The number of aliphatic hydroxyl groups excluding tert-OH is 2. The van der Waals surface area contributed by atoms with E-state index in [1.54, 1.807) is 26.0 Å². The molecular formula is C33H52O14. The van der Waals surface area contributed by atoms with Gasteiger partial charge in [-0.15, -0.1) is 0 Å². The van der Waals surface area contributed by atoms with E-state index in [4.69, 9.17) is 42.6 Å². The van der Waals surface area contributed by atoms with Gasteiger partial charge in [-0.1, -0.05) is 6.08 Å². The van der Waals surface area contributed by atoms with Crippen molar-refractivity contribution in [1.82, 2.24) is 0 Å². The summed E-state index contributed by atoms with van der Waals surface area (Å²) in [5.41, 5.74) is -1.71. The van der Waals surface area contributed by atoms with Gasteiger partial charge in [0.15, 0.2) is 18.4 Å². The van der Waals surface area contributed by atoms with Crippen LogP contribution in [0.4, 0.5) is 0 Å². The van der Waals surface area contributed by atoms with Crippen LogP contribution in [0.1, 0.15) is 53.4 Å². The van der Waals surface area contributed by atoms with Crippen LogP contribution < -0.4 is 0 Å². The van der Waals surface area contributed by atoms with Crippen molar-refractivity contribution in [3.05, 3.63) is 24.3 Å². The van der Waals surface area contributed by atoms with Crippen molar-refractivity contribution in [2.45, 2.75) is 139 Å². The van der Waals surface area contributed by atoms with E-state index in [0.717, 1.165) is 0 Å². The van der Waals surface area contributed by atoms with Crippen LogP contribution in [0, 0.1) is 5.92 Å². The van der Waals surface area contributed by atoms with Crippen LogP contribution in [0.2, 0.25) is 0 Å². The second-order valence-electron chi connectivity index (χ2n) is 13.1. The van der Waals surface area contributed by atoms with E-state index in [1.807, 2.05) is 6.92 Å². The number of hydrogen-bond donors (Lipinski definition) is 3. The molecule has 3 N–H and O–H groups in total. The Hall–Kier alpha value is -1.82. The molecule has 0 radical (unpaired) electrons. The molecule has 47 heavy (non-hydrogen) atoms. The van der Waals surface area contributed by atoms with Crippen LogP contribution in [-0.2, 0) is 52.2 Å². The van der Waals surface area contributed by atoms with Crippen LogP contribution in [0.25, 0.3) is 0 Å². The van der Waals surface area contributed by atoms with Gasteiger partial charge < -0.3 is 58.0 Å². The van der Waals surface area contributed by atoms with Crippen molar-refractivity contribution in [1.29, 1.82) is 0 Å². The summed E-state index contributed by atoms with van der Waals surface area (Å²) in [6.07, 6.45) is -2.06. The van der Waals surface area contributed by atoms with E-state index in [2.05, 4.69) is 0 Å². The lowest BCUT2D eigenvalue weighted by Crippen LogP contribution is -2.59. The molecule has 0 unspecified atom stereocenters. The fourth-order valence-electron chi connectivity index (χ4n) is 6.32. The summed E-state index contributed by atoms with van der Waals surface area (Å²) >= 11 is 0. The van der Waals surface area contributed by atoms with E-state index in [9.17, 15) is 24.9 Å². The molecule has 0 amide bonds. The summed E-state index contributed by atoms with van der Waals surface area (Å²) in [6, 6.07) is 0. The van der Waals surface area contributed by atoms with Crippen molar-refractivity contribution in [2.24, 2.45) is 5.92 Å². The number of rotatable bonds is 8. The predicted octanol–water partition coefficient (Wildman–Crippen LogP) is 0.966. The molecule has 268 valence electrons. The van der Waals surface area contributed by atoms with E-state index >= 15 is 0 Å². The quantitative estimate of drug-likeness (QED) is 0.245. The Morgan fingerprint density at radius 3 is 2.32 bits per heavy atom. The van der Waals surface area contributed by atoms with E-state index in [0.29, 0.717) is 6.42 Å². The molecule has 0 aromatic rings. The normalized spacial score (nSPS) is 46.7. The highest BCUT2D eigenvalue weighted by Crippen LogP contribution is 2.36. The number of methoxy groups -OCH3 is 3. The number of fused-ring (bicyclic) bond motifs is 1. The smallest absolute Gasteiger partial charge is 0.330 e. The highest BCUT2D eigenvalue weighted by Gasteiger charge is 2.49. The molecule has 4 aliphatic rings. The maximum Gasteiger partial charge on any atom is 0.330 e. The average molecular weight is 673 g/mol. The number of aliphatic hydroxyl groups is 3.